The van der Waals surface area contributed by atoms with E-state index >= 15 is 0 Å². The Labute approximate surface area is 105 Å². The highest BCUT2D eigenvalue weighted by atomic mass is 35.5. The van der Waals surface area contributed by atoms with Crippen LogP contribution < -0.4 is 5.32 Å². The van der Waals surface area contributed by atoms with Crippen LogP contribution in [-0.4, -0.2) is 5.91 Å². The molecule has 0 saturated carbocycles. The molecule has 0 aliphatic heterocycles. The van der Waals surface area contributed by atoms with Gasteiger partial charge in [-0.2, -0.15) is 0 Å². The fourth-order valence-electron chi connectivity index (χ4n) is 1.12. The van der Waals surface area contributed by atoms with Crippen LogP contribution in [0, 0.1) is 18.3 Å². The van der Waals surface area contributed by atoms with Gasteiger partial charge in [0.15, 0.2) is 0 Å². The summed E-state index contributed by atoms with van der Waals surface area (Å²) in [5.74, 6) is 2.03. The molecule has 1 aromatic rings. The highest BCUT2D eigenvalue weighted by Crippen LogP contribution is 2.25. The summed E-state index contributed by atoms with van der Waals surface area (Å²) in [5, 5.41) is 3.65. The van der Waals surface area contributed by atoms with Crippen molar-refractivity contribution in [2.45, 2.75) is 13.3 Å². The second kappa shape index (κ2) is 5.79. The molecule has 84 valence electrons. The molecule has 0 radical (unpaired) electrons. The van der Waals surface area contributed by atoms with Crippen molar-refractivity contribution in [3.05, 3.63) is 28.2 Å². The maximum atomic E-state index is 11.7. The van der Waals surface area contributed by atoms with Crippen molar-refractivity contribution >= 4 is 34.8 Å². The lowest BCUT2D eigenvalue weighted by Crippen LogP contribution is -2.20. The summed E-state index contributed by atoms with van der Waals surface area (Å²) in [6, 6.07) is 4.89. The minimum absolute atomic E-state index is 0.165. The summed E-state index contributed by atoms with van der Waals surface area (Å²) in [6.45, 7) is 1.76. The molecule has 1 aromatic carbocycles. The van der Waals surface area contributed by atoms with Crippen LogP contribution in [0.15, 0.2) is 18.2 Å². The Morgan fingerprint density at radius 1 is 1.56 bits per heavy atom. The first-order valence-electron chi connectivity index (χ1n) is 4.74. The van der Waals surface area contributed by atoms with Crippen LogP contribution in [0.2, 0.25) is 10.0 Å². The molecule has 0 saturated heterocycles. The summed E-state index contributed by atoms with van der Waals surface area (Å²) >= 11 is 11.7. The van der Waals surface area contributed by atoms with E-state index in [1.807, 2.05) is 0 Å². The van der Waals surface area contributed by atoms with Crippen LogP contribution in [-0.2, 0) is 4.79 Å². The Kier molecular flexibility index (Phi) is 4.67. The van der Waals surface area contributed by atoms with E-state index in [-0.39, 0.29) is 11.8 Å². The van der Waals surface area contributed by atoms with Crippen molar-refractivity contribution in [3.8, 4) is 12.3 Å². The van der Waals surface area contributed by atoms with Gasteiger partial charge < -0.3 is 5.32 Å². The highest BCUT2D eigenvalue weighted by molar-refractivity contribution is 6.35. The summed E-state index contributed by atoms with van der Waals surface area (Å²) in [5.41, 5.74) is 0.503. The normalized spacial score (nSPS) is 11.6. The van der Waals surface area contributed by atoms with E-state index in [0.717, 1.165) is 0 Å². The van der Waals surface area contributed by atoms with Gasteiger partial charge in [-0.05, 0) is 18.2 Å². The van der Waals surface area contributed by atoms with Crippen LogP contribution in [0.1, 0.15) is 13.3 Å². The van der Waals surface area contributed by atoms with Gasteiger partial charge in [-0.1, -0.05) is 30.1 Å². The predicted molar refractivity (Wildman–Crippen MR) is 67.7 cm³/mol. The molecule has 0 fully saturated rings. The van der Waals surface area contributed by atoms with Crippen molar-refractivity contribution in [3.63, 3.8) is 0 Å². The minimum atomic E-state index is -0.250. The van der Waals surface area contributed by atoms with E-state index in [1.54, 1.807) is 25.1 Å². The number of hydrogen-bond donors (Lipinski definition) is 1. The van der Waals surface area contributed by atoms with E-state index in [1.165, 1.54) is 0 Å². The van der Waals surface area contributed by atoms with E-state index in [0.29, 0.717) is 22.2 Å². The van der Waals surface area contributed by atoms with Crippen LogP contribution >= 0.6 is 23.2 Å². The van der Waals surface area contributed by atoms with Crippen molar-refractivity contribution in [1.29, 1.82) is 0 Å². The SMILES string of the molecule is C#CCC(C)C(=O)Nc1cc(Cl)ccc1Cl. The Bertz CT molecular complexity index is 437. The molecule has 2 nitrogen and oxygen atoms in total. The van der Waals surface area contributed by atoms with Gasteiger partial charge in [-0.25, -0.2) is 0 Å². The number of anilines is 1. The molecule has 0 aromatic heterocycles. The van der Waals surface area contributed by atoms with E-state index in [4.69, 9.17) is 29.6 Å². The average molecular weight is 256 g/mol. The van der Waals surface area contributed by atoms with Crippen molar-refractivity contribution in [2.75, 3.05) is 5.32 Å². The second-order valence-electron chi connectivity index (χ2n) is 3.42. The second-order valence-corrected chi connectivity index (χ2v) is 4.27. The standard InChI is InChI=1S/C12H11Cl2NO/c1-3-4-8(2)12(16)15-11-7-9(13)5-6-10(11)14/h1,5-8H,4H2,2H3,(H,15,16). The van der Waals surface area contributed by atoms with Crippen LogP contribution in [0.4, 0.5) is 5.69 Å². The average Bonchev–Trinajstić information content (AvgIpc) is 2.23. The van der Waals surface area contributed by atoms with Crippen molar-refractivity contribution in [2.24, 2.45) is 5.92 Å². The van der Waals surface area contributed by atoms with Crippen molar-refractivity contribution < 1.29 is 4.79 Å². The summed E-state index contributed by atoms with van der Waals surface area (Å²) < 4.78 is 0. The van der Waals surface area contributed by atoms with E-state index in [2.05, 4.69) is 11.2 Å². The van der Waals surface area contributed by atoms with E-state index < -0.39 is 0 Å². The Morgan fingerprint density at radius 3 is 2.88 bits per heavy atom. The Morgan fingerprint density at radius 2 is 2.25 bits per heavy atom. The van der Waals surface area contributed by atoms with Crippen molar-refractivity contribution in [1.82, 2.24) is 0 Å². The zero-order chi connectivity index (χ0) is 12.1. The Hall–Kier alpha value is -1.17. The maximum Gasteiger partial charge on any atom is 0.228 e. The molecule has 1 rings (SSSR count). The van der Waals surface area contributed by atoms with Crippen LogP contribution in [0.25, 0.3) is 0 Å². The maximum absolute atomic E-state index is 11.7. The van der Waals surface area contributed by atoms with Gasteiger partial charge in [0.05, 0.1) is 10.7 Å². The van der Waals surface area contributed by atoms with Gasteiger partial charge in [0, 0.05) is 17.4 Å². The molecule has 0 aliphatic rings. The molecule has 1 amide bonds. The quantitative estimate of drug-likeness (QED) is 0.822. The van der Waals surface area contributed by atoms with Gasteiger partial charge in [0.2, 0.25) is 5.91 Å². The molecule has 0 heterocycles. The number of amides is 1. The topological polar surface area (TPSA) is 29.1 Å². The Balaban J connectivity index is 2.77. The summed E-state index contributed by atoms with van der Waals surface area (Å²) in [6.07, 6.45) is 5.53. The van der Waals surface area contributed by atoms with Crippen LogP contribution in [0.5, 0.6) is 0 Å². The zero-order valence-electron chi connectivity index (χ0n) is 8.76. The lowest BCUT2D eigenvalue weighted by Gasteiger charge is -2.11. The molecule has 0 bridgehead atoms. The number of nitrogens with one attached hydrogen (secondary N) is 1. The number of rotatable bonds is 3. The third kappa shape index (κ3) is 3.44. The zero-order valence-corrected chi connectivity index (χ0v) is 10.3. The molecule has 16 heavy (non-hydrogen) atoms. The number of hydrogen-bond acceptors (Lipinski definition) is 1. The number of carbonyl (C=O) groups is 1. The fraction of sp³-hybridized carbons (Fsp3) is 0.250. The molecule has 4 heteroatoms. The molecular weight excluding hydrogens is 245 g/mol. The van der Waals surface area contributed by atoms with Gasteiger partial charge in [-0.3, -0.25) is 4.79 Å². The molecule has 1 unspecified atom stereocenters. The number of carbonyl (C=O) groups excluding carboxylic acids is 1. The van der Waals surface area contributed by atoms with Gasteiger partial charge in [-0.15, -0.1) is 12.3 Å². The fourth-order valence-corrected chi connectivity index (χ4v) is 1.46. The number of halogens is 2. The van der Waals surface area contributed by atoms with Gasteiger partial charge in [0.25, 0.3) is 0 Å². The van der Waals surface area contributed by atoms with Gasteiger partial charge >= 0.3 is 0 Å². The lowest BCUT2D eigenvalue weighted by atomic mass is 10.1. The molecule has 1 N–H and O–H groups in total. The third-order valence-corrected chi connectivity index (χ3v) is 2.62. The number of terminal acetylenes is 1. The molecule has 1 atom stereocenters. The summed E-state index contributed by atoms with van der Waals surface area (Å²) in [7, 11) is 0. The first kappa shape index (κ1) is 12.9. The molecule has 0 spiro atoms. The van der Waals surface area contributed by atoms with Crippen LogP contribution in [0.3, 0.4) is 0 Å². The first-order valence-corrected chi connectivity index (χ1v) is 5.49. The monoisotopic (exact) mass is 255 g/mol. The third-order valence-electron chi connectivity index (χ3n) is 2.06. The lowest BCUT2D eigenvalue weighted by molar-refractivity contribution is -0.119. The highest BCUT2D eigenvalue weighted by Gasteiger charge is 2.13. The van der Waals surface area contributed by atoms with Gasteiger partial charge in [0.1, 0.15) is 0 Å². The summed E-state index contributed by atoms with van der Waals surface area (Å²) in [4.78, 5) is 11.7. The molecule has 0 aliphatic carbocycles. The smallest absolute Gasteiger partial charge is 0.228 e. The number of benzene rings is 1. The minimum Gasteiger partial charge on any atom is -0.324 e. The first-order chi connectivity index (χ1) is 7.54. The predicted octanol–water partition coefficient (Wildman–Crippen LogP) is 3.59. The molecular formula is C12H11Cl2NO. The van der Waals surface area contributed by atoms with E-state index in [9.17, 15) is 4.79 Å². The largest absolute Gasteiger partial charge is 0.324 e.